The molecule has 0 aromatic heterocycles. The van der Waals surface area contributed by atoms with Crippen LogP contribution >= 0.6 is 0 Å². The SMILES string of the molecule is CCCCCCCCCc1ccc(C(O)CC)cc1. The van der Waals surface area contributed by atoms with E-state index >= 15 is 0 Å². The summed E-state index contributed by atoms with van der Waals surface area (Å²) in [5.41, 5.74) is 2.45. The first kappa shape index (κ1) is 16.2. The number of rotatable bonds is 10. The Morgan fingerprint density at radius 3 is 2.00 bits per heavy atom. The van der Waals surface area contributed by atoms with Crippen LogP contribution in [-0.4, -0.2) is 5.11 Å². The molecule has 1 unspecified atom stereocenters. The van der Waals surface area contributed by atoms with Gasteiger partial charge < -0.3 is 5.11 Å². The molecule has 0 aliphatic heterocycles. The van der Waals surface area contributed by atoms with Gasteiger partial charge in [-0.2, -0.15) is 0 Å². The van der Waals surface area contributed by atoms with Gasteiger partial charge in [0.2, 0.25) is 0 Å². The summed E-state index contributed by atoms with van der Waals surface area (Å²) in [6, 6.07) is 8.49. The van der Waals surface area contributed by atoms with E-state index in [4.69, 9.17) is 0 Å². The largest absolute Gasteiger partial charge is 0.388 e. The van der Waals surface area contributed by atoms with Crippen molar-refractivity contribution in [3.63, 3.8) is 0 Å². The minimum atomic E-state index is -0.299. The van der Waals surface area contributed by atoms with Crippen LogP contribution in [0.25, 0.3) is 0 Å². The highest BCUT2D eigenvalue weighted by Crippen LogP contribution is 2.17. The van der Waals surface area contributed by atoms with Crippen molar-refractivity contribution in [1.29, 1.82) is 0 Å². The number of unbranched alkanes of at least 4 members (excludes halogenated alkanes) is 6. The van der Waals surface area contributed by atoms with Crippen LogP contribution in [0.5, 0.6) is 0 Å². The van der Waals surface area contributed by atoms with Crippen LogP contribution in [0.15, 0.2) is 24.3 Å². The molecule has 1 nitrogen and oxygen atoms in total. The van der Waals surface area contributed by atoms with E-state index in [-0.39, 0.29) is 6.10 Å². The van der Waals surface area contributed by atoms with Crippen molar-refractivity contribution in [1.82, 2.24) is 0 Å². The summed E-state index contributed by atoms with van der Waals surface area (Å²) >= 11 is 0. The standard InChI is InChI=1S/C18H30O/c1-3-5-6-7-8-9-10-11-16-12-14-17(15-13-16)18(19)4-2/h12-15,18-19H,3-11H2,1-2H3. The summed E-state index contributed by atoms with van der Waals surface area (Å²) in [6.07, 6.45) is 11.2. The fourth-order valence-corrected chi connectivity index (χ4v) is 2.43. The molecule has 0 aliphatic rings. The van der Waals surface area contributed by atoms with Gasteiger partial charge >= 0.3 is 0 Å². The van der Waals surface area contributed by atoms with Gasteiger partial charge in [-0.05, 0) is 30.4 Å². The molecule has 0 saturated carbocycles. The maximum absolute atomic E-state index is 9.74. The van der Waals surface area contributed by atoms with Crippen LogP contribution < -0.4 is 0 Å². The van der Waals surface area contributed by atoms with Crippen molar-refractivity contribution >= 4 is 0 Å². The molecule has 0 radical (unpaired) electrons. The number of benzene rings is 1. The average molecular weight is 262 g/mol. The Morgan fingerprint density at radius 2 is 1.42 bits per heavy atom. The minimum Gasteiger partial charge on any atom is -0.388 e. The highest BCUT2D eigenvalue weighted by molar-refractivity contribution is 5.24. The van der Waals surface area contributed by atoms with Crippen molar-refractivity contribution in [2.45, 2.75) is 77.7 Å². The third kappa shape index (κ3) is 6.77. The van der Waals surface area contributed by atoms with E-state index in [0.717, 1.165) is 12.0 Å². The van der Waals surface area contributed by atoms with E-state index in [9.17, 15) is 5.11 Å². The molecule has 0 aliphatic carbocycles. The van der Waals surface area contributed by atoms with Gasteiger partial charge in [0, 0.05) is 0 Å². The van der Waals surface area contributed by atoms with Crippen molar-refractivity contribution < 1.29 is 5.11 Å². The molecule has 0 fully saturated rings. The van der Waals surface area contributed by atoms with Gasteiger partial charge in [0.1, 0.15) is 0 Å². The van der Waals surface area contributed by atoms with Gasteiger partial charge in [-0.3, -0.25) is 0 Å². The molecule has 0 bridgehead atoms. The lowest BCUT2D eigenvalue weighted by Crippen LogP contribution is -1.95. The molecular weight excluding hydrogens is 232 g/mol. The zero-order valence-electron chi connectivity index (χ0n) is 12.7. The van der Waals surface area contributed by atoms with E-state index in [1.54, 1.807) is 0 Å². The summed E-state index contributed by atoms with van der Waals surface area (Å²) < 4.78 is 0. The zero-order chi connectivity index (χ0) is 13.9. The molecular formula is C18H30O. The van der Waals surface area contributed by atoms with Crippen LogP contribution in [0, 0.1) is 0 Å². The first-order valence-electron chi connectivity index (χ1n) is 8.04. The molecule has 1 atom stereocenters. The summed E-state index contributed by atoms with van der Waals surface area (Å²) in [5.74, 6) is 0. The highest BCUT2D eigenvalue weighted by Gasteiger charge is 2.03. The number of aliphatic hydroxyl groups excluding tert-OH is 1. The Morgan fingerprint density at radius 1 is 0.842 bits per heavy atom. The molecule has 0 spiro atoms. The van der Waals surface area contributed by atoms with Crippen LogP contribution in [0.2, 0.25) is 0 Å². The van der Waals surface area contributed by atoms with E-state index in [2.05, 4.69) is 31.2 Å². The molecule has 1 aromatic carbocycles. The lowest BCUT2D eigenvalue weighted by molar-refractivity contribution is 0.173. The van der Waals surface area contributed by atoms with Gasteiger partial charge in [0.25, 0.3) is 0 Å². The third-order valence-corrected chi connectivity index (χ3v) is 3.82. The third-order valence-electron chi connectivity index (χ3n) is 3.82. The van der Waals surface area contributed by atoms with Crippen molar-refractivity contribution in [3.05, 3.63) is 35.4 Å². The van der Waals surface area contributed by atoms with E-state index < -0.39 is 0 Å². The summed E-state index contributed by atoms with van der Waals surface area (Å²) in [5, 5.41) is 9.74. The smallest absolute Gasteiger partial charge is 0.0787 e. The van der Waals surface area contributed by atoms with Gasteiger partial charge in [-0.15, -0.1) is 0 Å². The fraction of sp³-hybridized carbons (Fsp3) is 0.667. The zero-order valence-corrected chi connectivity index (χ0v) is 12.7. The topological polar surface area (TPSA) is 20.2 Å². The van der Waals surface area contributed by atoms with E-state index in [1.807, 2.05) is 6.92 Å². The monoisotopic (exact) mass is 262 g/mol. The maximum Gasteiger partial charge on any atom is 0.0787 e. The van der Waals surface area contributed by atoms with Crippen LogP contribution in [0.3, 0.4) is 0 Å². The van der Waals surface area contributed by atoms with E-state index in [1.165, 1.54) is 56.9 Å². The van der Waals surface area contributed by atoms with Gasteiger partial charge in [-0.1, -0.05) is 76.6 Å². The Bertz CT molecular complexity index is 315. The van der Waals surface area contributed by atoms with Gasteiger partial charge in [-0.25, -0.2) is 0 Å². The maximum atomic E-state index is 9.74. The molecule has 1 N–H and O–H groups in total. The number of aryl methyl sites for hydroxylation is 1. The summed E-state index contributed by atoms with van der Waals surface area (Å²) in [4.78, 5) is 0. The molecule has 0 heterocycles. The van der Waals surface area contributed by atoms with Gasteiger partial charge in [0.05, 0.1) is 6.10 Å². The van der Waals surface area contributed by atoms with Crippen LogP contribution in [0.1, 0.15) is 82.4 Å². The quantitative estimate of drug-likeness (QED) is 0.558. The number of aliphatic hydroxyl groups is 1. The Balaban J connectivity index is 2.16. The second-order valence-corrected chi connectivity index (χ2v) is 5.54. The fourth-order valence-electron chi connectivity index (χ4n) is 2.43. The molecule has 1 heteroatoms. The lowest BCUT2D eigenvalue weighted by Gasteiger charge is -2.09. The molecule has 19 heavy (non-hydrogen) atoms. The van der Waals surface area contributed by atoms with Gasteiger partial charge in [0.15, 0.2) is 0 Å². The molecule has 0 amide bonds. The predicted octanol–water partition coefficient (Wildman–Crippen LogP) is 5.42. The molecule has 1 aromatic rings. The Kier molecular flexibility index (Phi) is 8.57. The second-order valence-electron chi connectivity index (χ2n) is 5.54. The first-order chi connectivity index (χ1) is 9.27. The minimum absolute atomic E-state index is 0.299. The predicted molar refractivity (Wildman–Crippen MR) is 83.4 cm³/mol. The Hall–Kier alpha value is -0.820. The number of hydrogen-bond acceptors (Lipinski definition) is 1. The normalized spacial score (nSPS) is 12.6. The average Bonchev–Trinajstić information content (AvgIpc) is 2.46. The number of hydrogen-bond donors (Lipinski definition) is 1. The molecule has 108 valence electrons. The van der Waals surface area contributed by atoms with Crippen molar-refractivity contribution in [2.24, 2.45) is 0 Å². The van der Waals surface area contributed by atoms with E-state index in [0.29, 0.717) is 0 Å². The second kappa shape index (κ2) is 10.0. The highest BCUT2D eigenvalue weighted by atomic mass is 16.3. The summed E-state index contributed by atoms with van der Waals surface area (Å²) in [6.45, 7) is 4.27. The molecule has 1 rings (SSSR count). The van der Waals surface area contributed by atoms with Crippen LogP contribution in [0.4, 0.5) is 0 Å². The van der Waals surface area contributed by atoms with Crippen LogP contribution in [-0.2, 0) is 6.42 Å². The molecule has 0 saturated heterocycles. The van der Waals surface area contributed by atoms with Crippen molar-refractivity contribution in [3.8, 4) is 0 Å². The lowest BCUT2D eigenvalue weighted by atomic mass is 10.0. The Labute approximate surface area is 119 Å². The first-order valence-corrected chi connectivity index (χ1v) is 8.04. The van der Waals surface area contributed by atoms with Crippen molar-refractivity contribution in [2.75, 3.05) is 0 Å². The summed E-state index contributed by atoms with van der Waals surface area (Å²) in [7, 11) is 0.